The molecule has 0 heterocycles. The molecular weight excluding hydrogens is 464 g/mol. The van der Waals surface area contributed by atoms with E-state index in [9.17, 15) is 13.2 Å². The standard InChI is InChI=1S/C24H25ClN2O5S/c1-3-32-21-12-10-20(11-13-21)26-24(28)17-27(16-18-7-5-4-6-8-18)33(29,30)23-15-19(25)9-14-22(23)31-2/h4-15H,3,16-17H2,1-2H3,(H,26,28). The number of nitrogens with one attached hydrogen (secondary N) is 1. The van der Waals surface area contributed by atoms with E-state index in [0.717, 1.165) is 9.87 Å². The second-order valence-electron chi connectivity index (χ2n) is 7.06. The van der Waals surface area contributed by atoms with Gasteiger partial charge in [0.1, 0.15) is 16.4 Å². The fourth-order valence-electron chi connectivity index (χ4n) is 3.17. The summed E-state index contributed by atoms with van der Waals surface area (Å²) in [6.45, 7) is 2.01. The van der Waals surface area contributed by atoms with E-state index in [-0.39, 0.29) is 22.2 Å². The molecule has 0 aliphatic heterocycles. The van der Waals surface area contributed by atoms with Crippen LogP contribution in [-0.2, 0) is 21.4 Å². The van der Waals surface area contributed by atoms with Crippen molar-refractivity contribution in [1.82, 2.24) is 4.31 Å². The number of nitrogens with zero attached hydrogens (tertiary/aromatic N) is 1. The van der Waals surface area contributed by atoms with E-state index >= 15 is 0 Å². The van der Waals surface area contributed by atoms with E-state index in [0.29, 0.717) is 18.0 Å². The first-order valence-electron chi connectivity index (χ1n) is 10.2. The Morgan fingerprint density at radius 2 is 1.73 bits per heavy atom. The number of hydrogen-bond acceptors (Lipinski definition) is 5. The Balaban J connectivity index is 1.88. The predicted octanol–water partition coefficient (Wildman–Crippen LogP) is 4.58. The summed E-state index contributed by atoms with van der Waals surface area (Å²) in [7, 11) is -2.75. The fraction of sp³-hybridized carbons (Fsp3) is 0.208. The molecule has 1 amide bonds. The number of carbonyl (C=O) groups excluding carboxylic acids is 1. The minimum absolute atomic E-state index is 0.00443. The maximum absolute atomic E-state index is 13.6. The van der Waals surface area contributed by atoms with Gasteiger partial charge in [0.15, 0.2) is 0 Å². The largest absolute Gasteiger partial charge is 0.495 e. The number of methoxy groups -OCH3 is 1. The second kappa shape index (κ2) is 11.2. The van der Waals surface area contributed by atoms with Crippen molar-refractivity contribution in [3.8, 4) is 11.5 Å². The molecule has 0 aromatic heterocycles. The van der Waals surface area contributed by atoms with E-state index < -0.39 is 22.5 Å². The molecule has 7 nitrogen and oxygen atoms in total. The second-order valence-corrected chi connectivity index (χ2v) is 9.40. The molecule has 0 unspecified atom stereocenters. The lowest BCUT2D eigenvalue weighted by Crippen LogP contribution is -2.37. The Hall–Kier alpha value is -3.07. The number of carbonyl (C=O) groups is 1. The number of amides is 1. The van der Waals surface area contributed by atoms with Crippen LogP contribution in [0.3, 0.4) is 0 Å². The summed E-state index contributed by atoms with van der Waals surface area (Å²) in [5, 5.41) is 2.98. The van der Waals surface area contributed by atoms with Crippen molar-refractivity contribution in [1.29, 1.82) is 0 Å². The van der Waals surface area contributed by atoms with Gasteiger partial charge in [-0.05, 0) is 55.0 Å². The smallest absolute Gasteiger partial charge is 0.247 e. The lowest BCUT2D eigenvalue weighted by atomic mass is 10.2. The van der Waals surface area contributed by atoms with E-state index in [2.05, 4.69) is 5.32 Å². The van der Waals surface area contributed by atoms with Gasteiger partial charge in [-0.25, -0.2) is 8.42 Å². The number of sulfonamides is 1. The topological polar surface area (TPSA) is 84.9 Å². The van der Waals surface area contributed by atoms with Crippen LogP contribution in [0, 0.1) is 0 Å². The fourth-order valence-corrected chi connectivity index (χ4v) is 4.97. The highest BCUT2D eigenvalue weighted by atomic mass is 35.5. The lowest BCUT2D eigenvalue weighted by Gasteiger charge is -2.23. The monoisotopic (exact) mass is 488 g/mol. The van der Waals surface area contributed by atoms with Gasteiger partial charge in [0.05, 0.1) is 20.3 Å². The number of hydrogen-bond donors (Lipinski definition) is 1. The molecule has 33 heavy (non-hydrogen) atoms. The van der Waals surface area contributed by atoms with E-state index in [4.69, 9.17) is 21.1 Å². The Bertz CT molecular complexity index is 1190. The normalized spacial score (nSPS) is 11.3. The number of rotatable bonds is 10. The van der Waals surface area contributed by atoms with Crippen molar-refractivity contribution in [2.45, 2.75) is 18.4 Å². The molecule has 0 spiro atoms. The van der Waals surface area contributed by atoms with Crippen LogP contribution in [0.15, 0.2) is 77.7 Å². The average molecular weight is 489 g/mol. The Morgan fingerprint density at radius 3 is 2.36 bits per heavy atom. The SMILES string of the molecule is CCOc1ccc(NC(=O)CN(Cc2ccccc2)S(=O)(=O)c2cc(Cl)ccc2OC)cc1. The Labute approximate surface area is 198 Å². The number of ether oxygens (including phenoxy) is 2. The molecule has 0 saturated heterocycles. The first kappa shape index (κ1) is 24.6. The van der Waals surface area contributed by atoms with Gasteiger partial charge >= 0.3 is 0 Å². The van der Waals surface area contributed by atoms with Gasteiger partial charge in [0, 0.05) is 17.3 Å². The van der Waals surface area contributed by atoms with Gasteiger partial charge in [0.25, 0.3) is 0 Å². The quantitative estimate of drug-likeness (QED) is 0.451. The summed E-state index contributed by atoms with van der Waals surface area (Å²) in [4.78, 5) is 12.7. The molecule has 3 aromatic rings. The van der Waals surface area contributed by atoms with Crippen LogP contribution in [0.5, 0.6) is 11.5 Å². The Kier molecular flexibility index (Phi) is 8.32. The van der Waals surface area contributed by atoms with Crippen LogP contribution < -0.4 is 14.8 Å². The van der Waals surface area contributed by atoms with Gasteiger partial charge in [-0.1, -0.05) is 41.9 Å². The molecular formula is C24H25ClN2O5S. The number of benzene rings is 3. The highest BCUT2D eigenvalue weighted by Crippen LogP contribution is 2.30. The first-order valence-corrected chi connectivity index (χ1v) is 12.1. The van der Waals surface area contributed by atoms with Crippen LogP contribution >= 0.6 is 11.6 Å². The third kappa shape index (κ3) is 6.47. The van der Waals surface area contributed by atoms with Crippen LogP contribution in [0.2, 0.25) is 5.02 Å². The van der Waals surface area contributed by atoms with Gasteiger partial charge < -0.3 is 14.8 Å². The third-order valence-electron chi connectivity index (χ3n) is 4.71. The molecule has 0 saturated carbocycles. The molecule has 174 valence electrons. The van der Waals surface area contributed by atoms with Crippen molar-refractivity contribution in [3.05, 3.63) is 83.4 Å². The average Bonchev–Trinajstić information content (AvgIpc) is 2.81. The van der Waals surface area contributed by atoms with E-state index in [1.807, 2.05) is 13.0 Å². The molecule has 3 rings (SSSR count). The number of anilines is 1. The molecule has 0 aliphatic carbocycles. The zero-order valence-corrected chi connectivity index (χ0v) is 19.9. The summed E-state index contributed by atoms with van der Waals surface area (Å²) < 4.78 is 38.9. The van der Waals surface area contributed by atoms with Crippen LogP contribution in [0.25, 0.3) is 0 Å². The molecule has 3 aromatic carbocycles. The highest BCUT2D eigenvalue weighted by Gasteiger charge is 2.30. The Morgan fingerprint density at radius 1 is 1.03 bits per heavy atom. The molecule has 0 radical (unpaired) electrons. The van der Waals surface area contributed by atoms with Crippen molar-refractivity contribution in [3.63, 3.8) is 0 Å². The van der Waals surface area contributed by atoms with Crippen molar-refractivity contribution in [2.24, 2.45) is 0 Å². The molecule has 9 heteroatoms. The first-order chi connectivity index (χ1) is 15.8. The number of halogens is 1. The predicted molar refractivity (Wildman–Crippen MR) is 128 cm³/mol. The molecule has 0 aliphatic rings. The summed E-state index contributed by atoms with van der Waals surface area (Å²) in [6, 6.07) is 20.2. The van der Waals surface area contributed by atoms with Crippen molar-refractivity contribution in [2.75, 3.05) is 25.6 Å². The molecule has 1 N–H and O–H groups in total. The maximum atomic E-state index is 13.6. The van der Waals surface area contributed by atoms with Gasteiger partial charge in [-0.2, -0.15) is 4.31 Å². The zero-order valence-electron chi connectivity index (χ0n) is 18.3. The van der Waals surface area contributed by atoms with Crippen LogP contribution in [-0.4, -0.2) is 38.9 Å². The zero-order chi connectivity index (χ0) is 23.8. The van der Waals surface area contributed by atoms with Crippen LogP contribution in [0.4, 0.5) is 5.69 Å². The summed E-state index contributed by atoms with van der Waals surface area (Å²) in [6.07, 6.45) is 0. The van der Waals surface area contributed by atoms with Crippen molar-refractivity contribution < 1.29 is 22.7 Å². The summed E-state index contributed by atoms with van der Waals surface area (Å²) in [5.41, 5.74) is 1.26. The van der Waals surface area contributed by atoms with E-state index in [1.165, 1.54) is 19.2 Å². The third-order valence-corrected chi connectivity index (χ3v) is 6.76. The summed E-state index contributed by atoms with van der Waals surface area (Å²) >= 11 is 6.06. The summed E-state index contributed by atoms with van der Waals surface area (Å²) in [5.74, 6) is 0.334. The van der Waals surface area contributed by atoms with Gasteiger partial charge in [-0.15, -0.1) is 0 Å². The van der Waals surface area contributed by atoms with Gasteiger partial charge in [-0.3, -0.25) is 4.79 Å². The van der Waals surface area contributed by atoms with Gasteiger partial charge in [0.2, 0.25) is 15.9 Å². The molecule has 0 bridgehead atoms. The maximum Gasteiger partial charge on any atom is 0.247 e. The molecule has 0 atom stereocenters. The molecule has 0 fully saturated rings. The minimum Gasteiger partial charge on any atom is -0.495 e. The van der Waals surface area contributed by atoms with Crippen LogP contribution in [0.1, 0.15) is 12.5 Å². The van der Waals surface area contributed by atoms with E-state index in [1.54, 1.807) is 54.6 Å². The van der Waals surface area contributed by atoms with Crippen molar-refractivity contribution >= 4 is 33.2 Å². The highest BCUT2D eigenvalue weighted by molar-refractivity contribution is 7.89. The lowest BCUT2D eigenvalue weighted by molar-refractivity contribution is -0.116. The minimum atomic E-state index is -4.12.